The molecule has 21 heavy (non-hydrogen) atoms. The number of nitrogens with zero attached hydrogens (tertiary/aromatic N) is 1. The molecule has 3 heteroatoms. The van der Waals surface area contributed by atoms with Crippen LogP contribution in [0.1, 0.15) is 37.8 Å². The number of rotatable bonds is 0. The molecule has 0 fully saturated rings. The number of primary amides is 1. The van der Waals surface area contributed by atoms with Gasteiger partial charge in [-0.1, -0.05) is 57.2 Å². The molecule has 0 aliphatic carbocycles. The van der Waals surface area contributed by atoms with Crippen molar-refractivity contribution < 1.29 is 4.79 Å². The summed E-state index contributed by atoms with van der Waals surface area (Å²) in [6, 6.07) is 15.5. The second kappa shape index (κ2) is 6.44. The number of benzene rings is 2. The number of nitrogens with two attached hydrogens (primary N) is 1. The molecule has 1 atom stereocenters. The van der Waals surface area contributed by atoms with Gasteiger partial charge < -0.3 is 5.73 Å². The van der Waals surface area contributed by atoms with E-state index in [1.54, 1.807) is 4.90 Å². The van der Waals surface area contributed by atoms with Crippen LogP contribution in [0, 0.1) is 0 Å². The molecule has 0 aromatic heterocycles. The van der Waals surface area contributed by atoms with Gasteiger partial charge in [0, 0.05) is 0 Å². The Kier molecular flexibility index (Phi) is 4.63. The summed E-state index contributed by atoms with van der Waals surface area (Å²) in [6.07, 6.45) is 0.914. The largest absolute Gasteiger partial charge is 0.351 e. The summed E-state index contributed by atoms with van der Waals surface area (Å²) in [5.41, 5.74) is 9.71. The van der Waals surface area contributed by atoms with E-state index in [1.165, 1.54) is 0 Å². The minimum absolute atomic E-state index is 0.363. The minimum Gasteiger partial charge on any atom is -0.351 e. The molecule has 1 aliphatic rings. The first kappa shape index (κ1) is 15.1. The van der Waals surface area contributed by atoms with Gasteiger partial charge in [0.2, 0.25) is 0 Å². The number of urea groups is 1. The zero-order valence-electron chi connectivity index (χ0n) is 12.8. The van der Waals surface area contributed by atoms with Crippen molar-refractivity contribution in [2.75, 3.05) is 4.90 Å². The number of hydrogen-bond donors (Lipinski definition) is 1. The maximum atomic E-state index is 11.9. The lowest BCUT2D eigenvalue weighted by Gasteiger charge is -2.22. The second-order valence-corrected chi connectivity index (χ2v) is 4.97. The highest BCUT2D eigenvalue weighted by Crippen LogP contribution is 2.40. The standard InChI is InChI=1S/C16H16N2O.C2H6/c1-11-10-12-6-2-4-8-14(12)18(16(17)19)15-9-5-3-7-13(11)15;1-2/h2-9,11H,10H2,1H3,(H2,17,19);1-2H3/t11-;/m0./s1. The van der Waals surface area contributed by atoms with Crippen LogP contribution in [0.2, 0.25) is 0 Å². The van der Waals surface area contributed by atoms with Crippen LogP contribution >= 0.6 is 0 Å². The summed E-state index contributed by atoms with van der Waals surface area (Å²) in [7, 11) is 0. The Hall–Kier alpha value is -2.29. The Bertz CT molecular complexity index is 637. The number of para-hydroxylation sites is 2. The fourth-order valence-electron chi connectivity index (χ4n) is 2.82. The third kappa shape index (κ3) is 2.77. The van der Waals surface area contributed by atoms with Crippen LogP contribution in [-0.4, -0.2) is 6.03 Å². The molecular weight excluding hydrogens is 260 g/mol. The summed E-state index contributed by atoms with van der Waals surface area (Å²) in [4.78, 5) is 13.5. The van der Waals surface area contributed by atoms with E-state index in [-0.39, 0.29) is 0 Å². The van der Waals surface area contributed by atoms with Gasteiger partial charge in [0.15, 0.2) is 0 Å². The van der Waals surface area contributed by atoms with Crippen LogP contribution < -0.4 is 10.6 Å². The zero-order chi connectivity index (χ0) is 15.4. The quantitative estimate of drug-likeness (QED) is 0.754. The molecule has 0 unspecified atom stereocenters. The van der Waals surface area contributed by atoms with Crippen LogP contribution in [0.5, 0.6) is 0 Å². The number of hydrogen-bond acceptors (Lipinski definition) is 1. The fourth-order valence-corrected chi connectivity index (χ4v) is 2.82. The van der Waals surface area contributed by atoms with Crippen LogP contribution in [-0.2, 0) is 6.42 Å². The molecule has 110 valence electrons. The van der Waals surface area contributed by atoms with Crippen LogP contribution in [0.3, 0.4) is 0 Å². The minimum atomic E-state index is -0.436. The van der Waals surface area contributed by atoms with Crippen LogP contribution in [0.4, 0.5) is 16.2 Å². The molecule has 0 radical (unpaired) electrons. The van der Waals surface area contributed by atoms with E-state index in [0.717, 1.165) is 28.9 Å². The number of carbonyl (C=O) groups excluding carboxylic acids is 1. The van der Waals surface area contributed by atoms with E-state index in [1.807, 2.05) is 50.2 Å². The second-order valence-electron chi connectivity index (χ2n) is 4.97. The summed E-state index contributed by atoms with van der Waals surface area (Å²) >= 11 is 0. The van der Waals surface area contributed by atoms with Crippen molar-refractivity contribution in [2.24, 2.45) is 5.73 Å². The highest BCUT2D eigenvalue weighted by Gasteiger charge is 2.26. The highest BCUT2D eigenvalue weighted by atomic mass is 16.2. The molecule has 2 N–H and O–H groups in total. The Balaban J connectivity index is 0.000000774. The van der Waals surface area contributed by atoms with Crippen molar-refractivity contribution in [1.29, 1.82) is 0 Å². The normalized spacial score (nSPS) is 16.0. The molecule has 2 aromatic carbocycles. The van der Waals surface area contributed by atoms with Gasteiger partial charge in [-0.3, -0.25) is 4.90 Å². The van der Waals surface area contributed by atoms with E-state index in [9.17, 15) is 4.79 Å². The van der Waals surface area contributed by atoms with Crippen molar-refractivity contribution in [2.45, 2.75) is 33.1 Å². The van der Waals surface area contributed by atoms with Crippen molar-refractivity contribution in [3.8, 4) is 0 Å². The van der Waals surface area contributed by atoms with Gasteiger partial charge in [-0.2, -0.15) is 0 Å². The first-order chi connectivity index (χ1) is 10.2. The average Bonchev–Trinajstić information content (AvgIpc) is 2.63. The third-order valence-electron chi connectivity index (χ3n) is 3.69. The number of fused-ring (bicyclic) bond motifs is 2. The molecule has 0 bridgehead atoms. The summed E-state index contributed by atoms with van der Waals surface area (Å²) in [5.74, 6) is 0.363. The Morgan fingerprint density at radius 1 is 1.05 bits per heavy atom. The number of carbonyl (C=O) groups is 1. The maximum absolute atomic E-state index is 11.9. The van der Waals surface area contributed by atoms with Gasteiger partial charge in [-0.25, -0.2) is 4.79 Å². The molecule has 1 aliphatic heterocycles. The molecule has 2 aromatic rings. The summed E-state index contributed by atoms with van der Waals surface area (Å²) in [5, 5.41) is 0. The zero-order valence-corrected chi connectivity index (χ0v) is 12.8. The van der Waals surface area contributed by atoms with E-state index >= 15 is 0 Å². The summed E-state index contributed by atoms with van der Waals surface area (Å²) in [6.45, 7) is 6.18. The topological polar surface area (TPSA) is 46.3 Å². The Morgan fingerprint density at radius 2 is 1.62 bits per heavy atom. The number of anilines is 2. The SMILES string of the molecule is CC.C[C@H]1Cc2ccccc2N(C(N)=O)c2ccccc21. The predicted molar refractivity (Wildman–Crippen MR) is 88.1 cm³/mol. The maximum Gasteiger partial charge on any atom is 0.323 e. The fraction of sp³-hybridized carbons (Fsp3) is 0.278. The van der Waals surface area contributed by atoms with E-state index in [4.69, 9.17) is 5.73 Å². The van der Waals surface area contributed by atoms with Gasteiger partial charge in [0.05, 0.1) is 11.4 Å². The molecular formula is C18H22N2O. The first-order valence-electron chi connectivity index (χ1n) is 7.45. The molecule has 1 heterocycles. The van der Waals surface area contributed by atoms with Gasteiger partial charge >= 0.3 is 6.03 Å². The average molecular weight is 282 g/mol. The third-order valence-corrected chi connectivity index (χ3v) is 3.69. The van der Waals surface area contributed by atoms with Crippen molar-refractivity contribution in [1.82, 2.24) is 0 Å². The lowest BCUT2D eigenvalue weighted by molar-refractivity contribution is 0.256. The van der Waals surface area contributed by atoms with E-state index < -0.39 is 6.03 Å². The predicted octanol–water partition coefficient (Wildman–Crippen LogP) is 4.59. The van der Waals surface area contributed by atoms with Gasteiger partial charge in [-0.05, 0) is 35.6 Å². The Labute approximate surface area is 126 Å². The monoisotopic (exact) mass is 282 g/mol. The molecule has 0 spiro atoms. The van der Waals surface area contributed by atoms with Crippen molar-refractivity contribution >= 4 is 17.4 Å². The van der Waals surface area contributed by atoms with Crippen molar-refractivity contribution in [3.05, 3.63) is 59.7 Å². The number of amides is 2. The smallest absolute Gasteiger partial charge is 0.323 e. The van der Waals surface area contributed by atoms with Gasteiger partial charge in [-0.15, -0.1) is 0 Å². The van der Waals surface area contributed by atoms with E-state index in [0.29, 0.717) is 5.92 Å². The van der Waals surface area contributed by atoms with Crippen LogP contribution in [0.15, 0.2) is 48.5 Å². The van der Waals surface area contributed by atoms with Gasteiger partial charge in [0.1, 0.15) is 0 Å². The molecule has 3 rings (SSSR count). The van der Waals surface area contributed by atoms with Crippen LogP contribution in [0.25, 0.3) is 0 Å². The van der Waals surface area contributed by atoms with Gasteiger partial charge in [0.25, 0.3) is 0 Å². The lowest BCUT2D eigenvalue weighted by atomic mass is 9.94. The molecule has 3 nitrogen and oxygen atoms in total. The van der Waals surface area contributed by atoms with Crippen molar-refractivity contribution in [3.63, 3.8) is 0 Å². The first-order valence-corrected chi connectivity index (χ1v) is 7.45. The summed E-state index contributed by atoms with van der Waals surface area (Å²) < 4.78 is 0. The van der Waals surface area contributed by atoms with E-state index in [2.05, 4.69) is 19.1 Å². The molecule has 0 saturated heterocycles. The highest BCUT2D eigenvalue weighted by molar-refractivity contribution is 6.00. The molecule has 2 amide bonds. The molecule has 0 saturated carbocycles. The Morgan fingerprint density at radius 3 is 2.29 bits per heavy atom. The lowest BCUT2D eigenvalue weighted by Crippen LogP contribution is -2.32.